The highest BCUT2D eigenvalue weighted by molar-refractivity contribution is 5.93. The molecular formula is C17H12N4O3. The van der Waals surface area contributed by atoms with Crippen LogP contribution >= 0.6 is 0 Å². The molecular weight excluding hydrogens is 308 g/mol. The van der Waals surface area contributed by atoms with Gasteiger partial charge in [-0.1, -0.05) is 42.5 Å². The average Bonchev–Trinajstić information content (AvgIpc) is 3.07. The highest BCUT2D eigenvalue weighted by Crippen LogP contribution is 2.14. The summed E-state index contributed by atoms with van der Waals surface area (Å²) in [6.07, 6.45) is 0. The fourth-order valence-electron chi connectivity index (χ4n) is 2.46. The molecule has 2 heterocycles. The van der Waals surface area contributed by atoms with E-state index in [4.69, 9.17) is 4.74 Å². The zero-order valence-electron chi connectivity index (χ0n) is 12.5. The zero-order valence-corrected chi connectivity index (χ0v) is 12.5. The van der Waals surface area contributed by atoms with E-state index in [2.05, 4.69) is 15.1 Å². The first-order valence-corrected chi connectivity index (χ1v) is 7.31. The number of nitrogens with one attached hydrogen (secondary N) is 1. The molecule has 0 bridgehead atoms. The van der Waals surface area contributed by atoms with Crippen molar-refractivity contribution in [2.24, 2.45) is 0 Å². The van der Waals surface area contributed by atoms with Crippen molar-refractivity contribution in [3.8, 4) is 0 Å². The Labute approximate surface area is 135 Å². The zero-order chi connectivity index (χ0) is 16.5. The number of carbonyl (C=O) groups is 1. The summed E-state index contributed by atoms with van der Waals surface area (Å²) in [5.74, 6) is -0.821. The Balaban J connectivity index is 1.70. The average molecular weight is 320 g/mol. The summed E-state index contributed by atoms with van der Waals surface area (Å²) < 4.78 is 6.28. The van der Waals surface area contributed by atoms with Gasteiger partial charge in [-0.3, -0.25) is 0 Å². The van der Waals surface area contributed by atoms with Crippen molar-refractivity contribution in [1.82, 2.24) is 19.6 Å². The molecule has 4 rings (SSSR count). The molecule has 0 aliphatic heterocycles. The highest BCUT2D eigenvalue weighted by Gasteiger charge is 2.17. The molecule has 7 nitrogen and oxygen atoms in total. The maximum absolute atomic E-state index is 12.2. The van der Waals surface area contributed by atoms with Gasteiger partial charge >= 0.3 is 11.7 Å². The molecule has 0 aliphatic rings. The Morgan fingerprint density at radius 3 is 2.67 bits per heavy atom. The van der Waals surface area contributed by atoms with Crippen LogP contribution in [-0.2, 0) is 11.3 Å². The number of para-hydroxylation sites is 1. The normalized spacial score (nSPS) is 11.0. The van der Waals surface area contributed by atoms with E-state index in [0.717, 1.165) is 10.1 Å². The lowest BCUT2D eigenvalue weighted by molar-refractivity contribution is 0.0458. The van der Waals surface area contributed by atoms with Gasteiger partial charge in [0.1, 0.15) is 6.61 Å². The topological polar surface area (TPSA) is 89.3 Å². The van der Waals surface area contributed by atoms with E-state index < -0.39 is 11.7 Å². The van der Waals surface area contributed by atoms with E-state index >= 15 is 0 Å². The highest BCUT2D eigenvalue weighted by atomic mass is 16.5. The summed E-state index contributed by atoms with van der Waals surface area (Å²) in [6.45, 7) is 0.117. The largest absolute Gasteiger partial charge is 0.455 e. The second-order valence-corrected chi connectivity index (χ2v) is 5.21. The summed E-state index contributed by atoms with van der Waals surface area (Å²) in [6, 6.07) is 16.5. The Hall–Kier alpha value is -3.48. The summed E-state index contributed by atoms with van der Waals surface area (Å²) in [5.41, 5.74) is 1.35. The van der Waals surface area contributed by atoms with E-state index in [9.17, 15) is 9.59 Å². The van der Waals surface area contributed by atoms with E-state index in [1.807, 2.05) is 36.4 Å². The van der Waals surface area contributed by atoms with Gasteiger partial charge in [0.2, 0.25) is 0 Å². The number of nitrogens with zero attached hydrogens (tertiary/aromatic N) is 3. The van der Waals surface area contributed by atoms with Crippen LogP contribution in [0.3, 0.4) is 0 Å². The maximum atomic E-state index is 12.2. The first-order chi connectivity index (χ1) is 11.7. The van der Waals surface area contributed by atoms with Crippen LogP contribution < -0.4 is 5.69 Å². The minimum atomic E-state index is -0.675. The third-order valence-electron chi connectivity index (χ3n) is 3.60. The van der Waals surface area contributed by atoms with Crippen LogP contribution in [0.4, 0.5) is 0 Å². The SMILES string of the molecule is O=C(OCc1ccccc1)c1nc2c3ccccc3[nH]c(=O)n2n1. The van der Waals surface area contributed by atoms with Crippen molar-refractivity contribution in [2.45, 2.75) is 6.61 Å². The van der Waals surface area contributed by atoms with Crippen molar-refractivity contribution in [1.29, 1.82) is 0 Å². The van der Waals surface area contributed by atoms with Gasteiger partial charge < -0.3 is 9.72 Å². The maximum Gasteiger partial charge on any atom is 0.378 e. The number of H-pyrrole nitrogens is 1. The number of aromatic amines is 1. The van der Waals surface area contributed by atoms with Gasteiger partial charge in [-0.15, -0.1) is 5.10 Å². The van der Waals surface area contributed by atoms with Crippen LogP contribution in [0.25, 0.3) is 16.6 Å². The van der Waals surface area contributed by atoms with Crippen molar-refractivity contribution in [3.05, 3.63) is 76.5 Å². The van der Waals surface area contributed by atoms with E-state index in [-0.39, 0.29) is 12.4 Å². The lowest BCUT2D eigenvalue weighted by Crippen LogP contribution is -2.18. The van der Waals surface area contributed by atoms with Crippen molar-refractivity contribution in [2.75, 3.05) is 0 Å². The van der Waals surface area contributed by atoms with Gasteiger partial charge in [0.15, 0.2) is 5.65 Å². The number of fused-ring (bicyclic) bond motifs is 3. The summed E-state index contributed by atoms with van der Waals surface area (Å²) >= 11 is 0. The van der Waals surface area contributed by atoms with Gasteiger partial charge in [-0.25, -0.2) is 14.6 Å². The first kappa shape index (κ1) is 14.1. The molecule has 0 spiro atoms. The van der Waals surface area contributed by atoms with Crippen LogP contribution in [0.15, 0.2) is 59.4 Å². The summed E-state index contributed by atoms with van der Waals surface area (Å²) in [7, 11) is 0. The second-order valence-electron chi connectivity index (χ2n) is 5.21. The van der Waals surface area contributed by atoms with Crippen LogP contribution in [0.2, 0.25) is 0 Å². The predicted molar refractivity (Wildman–Crippen MR) is 86.7 cm³/mol. The minimum Gasteiger partial charge on any atom is -0.455 e. The number of ether oxygens (including phenoxy) is 1. The number of carbonyl (C=O) groups excluding carboxylic acids is 1. The molecule has 0 aliphatic carbocycles. The molecule has 1 N–H and O–H groups in total. The molecule has 118 valence electrons. The first-order valence-electron chi connectivity index (χ1n) is 7.31. The Morgan fingerprint density at radius 1 is 1.08 bits per heavy atom. The third-order valence-corrected chi connectivity index (χ3v) is 3.60. The standard InChI is InChI=1S/C17H12N4O3/c22-16(24-10-11-6-2-1-3-7-11)14-19-15-12-8-4-5-9-13(12)18-17(23)21(15)20-14/h1-9H,10H2,(H,18,23). The number of esters is 1. The van der Waals surface area contributed by atoms with Gasteiger partial charge in [0.25, 0.3) is 5.82 Å². The van der Waals surface area contributed by atoms with Gasteiger partial charge in [0.05, 0.1) is 5.52 Å². The van der Waals surface area contributed by atoms with Gasteiger partial charge in [-0.2, -0.15) is 4.52 Å². The summed E-state index contributed by atoms with van der Waals surface area (Å²) in [5, 5.41) is 4.66. The Bertz CT molecular complexity index is 1100. The lowest BCUT2D eigenvalue weighted by atomic mass is 10.2. The molecule has 2 aromatic carbocycles. The van der Waals surface area contributed by atoms with Crippen LogP contribution in [0, 0.1) is 0 Å². The fraction of sp³-hybridized carbons (Fsp3) is 0.0588. The third kappa shape index (κ3) is 2.41. The molecule has 2 aromatic heterocycles. The Kier molecular flexibility index (Phi) is 3.31. The van der Waals surface area contributed by atoms with Crippen LogP contribution in [-0.4, -0.2) is 25.6 Å². The number of benzene rings is 2. The van der Waals surface area contributed by atoms with E-state index in [1.165, 1.54) is 0 Å². The van der Waals surface area contributed by atoms with Gasteiger partial charge in [0, 0.05) is 5.39 Å². The van der Waals surface area contributed by atoms with Gasteiger partial charge in [-0.05, 0) is 17.7 Å². The number of hydrogen-bond donors (Lipinski definition) is 1. The second kappa shape index (κ2) is 5.62. The molecule has 0 amide bonds. The molecule has 0 saturated heterocycles. The Morgan fingerprint density at radius 2 is 1.83 bits per heavy atom. The molecule has 4 aromatic rings. The molecule has 0 radical (unpaired) electrons. The number of rotatable bonds is 3. The minimum absolute atomic E-state index is 0.117. The quantitative estimate of drug-likeness (QED) is 0.583. The monoisotopic (exact) mass is 320 g/mol. The van der Waals surface area contributed by atoms with Crippen molar-refractivity contribution < 1.29 is 9.53 Å². The van der Waals surface area contributed by atoms with Crippen LogP contribution in [0.1, 0.15) is 16.2 Å². The molecule has 24 heavy (non-hydrogen) atoms. The fourth-order valence-corrected chi connectivity index (χ4v) is 2.46. The number of aromatic nitrogens is 4. The molecule has 7 heteroatoms. The molecule has 0 saturated carbocycles. The predicted octanol–water partition coefficient (Wildman–Crippen LogP) is 1.93. The molecule has 0 fully saturated rings. The smallest absolute Gasteiger partial charge is 0.378 e. The van der Waals surface area contributed by atoms with Crippen molar-refractivity contribution >= 4 is 22.5 Å². The van der Waals surface area contributed by atoms with Crippen LogP contribution in [0.5, 0.6) is 0 Å². The lowest BCUT2D eigenvalue weighted by Gasteiger charge is -2.01. The van der Waals surface area contributed by atoms with E-state index in [1.54, 1.807) is 18.2 Å². The summed E-state index contributed by atoms with van der Waals surface area (Å²) in [4.78, 5) is 31.1. The van der Waals surface area contributed by atoms with E-state index in [0.29, 0.717) is 16.6 Å². The molecule has 0 unspecified atom stereocenters. The number of hydrogen-bond acceptors (Lipinski definition) is 5. The van der Waals surface area contributed by atoms with Crippen molar-refractivity contribution in [3.63, 3.8) is 0 Å². The molecule has 0 atom stereocenters.